The first kappa shape index (κ1) is 18.6. The zero-order valence-electron chi connectivity index (χ0n) is 15.4. The fourth-order valence-corrected chi connectivity index (χ4v) is 3.15. The Morgan fingerprint density at radius 3 is 2.48 bits per heavy atom. The highest BCUT2D eigenvalue weighted by Crippen LogP contribution is 2.33. The first-order valence-corrected chi connectivity index (χ1v) is 8.95. The standard InChI is InChI=1S/C22H17NO6/c24-22(17-8-6-16(7-9-17)15-4-2-1-3-5-15)28-13-19-11-20(23(25)26)10-18-12-27-14-29-21(18)19/h1-11H,12-14H2. The molecule has 0 radical (unpaired) electrons. The molecule has 0 saturated heterocycles. The van der Waals surface area contributed by atoms with Crippen LogP contribution < -0.4 is 4.74 Å². The molecule has 0 atom stereocenters. The van der Waals surface area contributed by atoms with Crippen LogP contribution in [0.4, 0.5) is 5.69 Å². The molecule has 1 heterocycles. The lowest BCUT2D eigenvalue weighted by molar-refractivity contribution is -0.385. The number of rotatable bonds is 5. The number of carbonyl (C=O) groups excluding carboxylic acids is 1. The lowest BCUT2D eigenvalue weighted by Gasteiger charge is -2.20. The molecule has 0 bridgehead atoms. The number of benzene rings is 3. The van der Waals surface area contributed by atoms with Gasteiger partial charge in [-0.15, -0.1) is 0 Å². The third-order valence-electron chi connectivity index (χ3n) is 4.57. The molecule has 0 amide bonds. The highest BCUT2D eigenvalue weighted by Gasteiger charge is 2.22. The van der Waals surface area contributed by atoms with Crippen molar-refractivity contribution in [2.75, 3.05) is 6.79 Å². The Kier molecular flexibility index (Phi) is 5.22. The van der Waals surface area contributed by atoms with Crippen molar-refractivity contribution in [2.24, 2.45) is 0 Å². The molecule has 3 aromatic carbocycles. The van der Waals surface area contributed by atoms with Crippen LogP contribution in [0.3, 0.4) is 0 Å². The van der Waals surface area contributed by atoms with Gasteiger partial charge in [-0.1, -0.05) is 42.5 Å². The molecule has 4 rings (SSSR count). The van der Waals surface area contributed by atoms with E-state index < -0.39 is 10.9 Å². The zero-order chi connectivity index (χ0) is 20.2. The van der Waals surface area contributed by atoms with Crippen LogP contribution in [0.5, 0.6) is 5.75 Å². The predicted octanol–water partition coefficient (Wildman–Crippen LogP) is 4.49. The number of non-ortho nitro benzene ring substituents is 1. The number of nitrogens with zero attached hydrogens (tertiary/aromatic N) is 1. The Morgan fingerprint density at radius 1 is 1.03 bits per heavy atom. The largest absolute Gasteiger partial charge is 0.467 e. The molecule has 0 saturated carbocycles. The van der Waals surface area contributed by atoms with Gasteiger partial charge in [0.1, 0.15) is 12.4 Å². The Labute approximate surface area is 166 Å². The van der Waals surface area contributed by atoms with E-state index in [0.717, 1.165) is 11.1 Å². The molecule has 0 spiro atoms. The second-order valence-electron chi connectivity index (χ2n) is 6.48. The molecule has 0 fully saturated rings. The van der Waals surface area contributed by atoms with Crippen molar-refractivity contribution in [3.63, 3.8) is 0 Å². The molecule has 0 aromatic heterocycles. The lowest BCUT2D eigenvalue weighted by Crippen LogP contribution is -2.15. The van der Waals surface area contributed by atoms with Crippen molar-refractivity contribution >= 4 is 11.7 Å². The van der Waals surface area contributed by atoms with E-state index >= 15 is 0 Å². The number of carbonyl (C=O) groups is 1. The minimum absolute atomic E-state index is 0.0483. The number of hydrogen-bond donors (Lipinski definition) is 0. The minimum Gasteiger partial charge on any atom is -0.467 e. The molecular formula is C22H17NO6. The summed E-state index contributed by atoms with van der Waals surface area (Å²) in [6.07, 6.45) is 0. The lowest BCUT2D eigenvalue weighted by atomic mass is 10.0. The maximum atomic E-state index is 12.4. The third-order valence-corrected chi connectivity index (χ3v) is 4.57. The number of fused-ring (bicyclic) bond motifs is 1. The maximum absolute atomic E-state index is 12.4. The fraction of sp³-hybridized carbons (Fsp3) is 0.136. The summed E-state index contributed by atoms with van der Waals surface area (Å²) in [6.45, 7) is 0.120. The molecule has 7 heteroatoms. The average molecular weight is 391 g/mol. The highest BCUT2D eigenvalue weighted by molar-refractivity contribution is 5.90. The summed E-state index contributed by atoms with van der Waals surface area (Å²) in [5, 5.41) is 11.2. The predicted molar refractivity (Wildman–Crippen MR) is 104 cm³/mol. The third kappa shape index (κ3) is 4.09. The van der Waals surface area contributed by atoms with E-state index in [1.165, 1.54) is 12.1 Å². The molecule has 0 unspecified atom stereocenters. The summed E-state index contributed by atoms with van der Waals surface area (Å²) in [5.74, 6) is -0.0500. The monoisotopic (exact) mass is 391 g/mol. The topological polar surface area (TPSA) is 87.9 Å². The number of nitro groups is 1. The number of esters is 1. The Morgan fingerprint density at radius 2 is 1.76 bits per heavy atom. The smallest absolute Gasteiger partial charge is 0.338 e. The quantitative estimate of drug-likeness (QED) is 0.362. The van der Waals surface area contributed by atoms with Crippen LogP contribution >= 0.6 is 0 Å². The van der Waals surface area contributed by atoms with Crippen LogP contribution in [0.1, 0.15) is 21.5 Å². The van der Waals surface area contributed by atoms with Crippen LogP contribution in [-0.2, 0) is 22.7 Å². The van der Waals surface area contributed by atoms with Gasteiger partial charge in [0.05, 0.1) is 17.1 Å². The summed E-state index contributed by atoms with van der Waals surface area (Å²) in [5.41, 5.74) is 3.33. The highest BCUT2D eigenvalue weighted by atomic mass is 16.7. The van der Waals surface area contributed by atoms with Gasteiger partial charge in [-0.05, 0) is 23.3 Å². The van der Waals surface area contributed by atoms with Gasteiger partial charge in [0.2, 0.25) is 0 Å². The molecule has 146 valence electrons. The first-order valence-electron chi connectivity index (χ1n) is 8.95. The van der Waals surface area contributed by atoms with Crippen LogP contribution in [0.2, 0.25) is 0 Å². The van der Waals surface area contributed by atoms with Gasteiger partial charge in [-0.3, -0.25) is 10.1 Å². The van der Waals surface area contributed by atoms with Crippen molar-refractivity contribution in [3.8, 4) is 16.9 Å². The molecule has 1 aliphatic rings. The van der Waals surface area contributed by atoms with Gasteiger partial charge in [-0.25, -0.2) is 4.79 Å². The van der Waals surface area contributed by atoms with Crippen molar-refractivity contribution in [1.29, 1.82) is 0 Å². The SMILES string of the molecule is O=C(OCc1cc([N+](=O)[O-])cc2c1OCOC2)c1ccc(-c2ccccc2)cc1. The zero-order valence-corrected chi connectivity index (χ0v) is 15.4. The average Bonchev–Trinajstić information content (AvgIpc) is 2.77. The van der Waals surface area contributed by atoms with Gasteiger partial charge in [0, 0.05) is 23.3 Å². The summed E-state index contributed by atoms with van der Waals surface area (Å²) in [6, 6.07) is 19.7. The molecule has 0 N–H and O–H groups in total. The molecule has 7 nitrogen and oxygen atoms in total. The van der Waals surface area contributed by atoms with E-state index in [1.807, 2.05) is 42.5 Å². The van der Waals surface area contributed by atoms with E-state index in [2.05, 4.69) is 0 Å². The second kappa shape index (κ2) is 8.12. The van der Waals surface area contributed by atoms with Crippen LogP contribution in [0.25, 0.3) is 11.1 Å². The van der Waals surface area contributed by atoms with Crippen molar-refractivity contribution < 1.29 is 23.9 Å². The van der Waals surface area contributed by atoms with E-state index in [4.69, 9.17) is 14.2 Å². The Bertz CT molecular complexity index is 1050. The molecule has 3 aromatic rings. The number of hydrogen-bond acceptors (Lipinski definition) is 6. The molecule has 1 aliphatic heterocycles. The Balaban J connectivity index is 1.50. The maximum Gasteiger partial charge on any atom is 0.338 e. The van der Waals surface area contributed by atoms with Gasteiger partial charge in [0.15, 0.2) is 6.79 Å². The fourth-order valence-electron chi connectivity index (χ4n) is 3.15. The number of ether oxygens (including phenoxy) is 3. The number of nitro benzene ring substituents is 1. The van der Waals surface area contributed by atoms with E-state index in [9.17, 15) is 14.9 Å². The summed E-state index contributed by atoms with van der Waals surface area (Å²) < 4.78 is 16.0. The Hall–Kier alpha value is -3.71. The van der Waals surface area contributed by atoms with Crippen molar-refractivity contribution in [2.45, 2.75) is 13.2 Å². The van der Waals surface area contributed by atoms with Gasteiger partial charge < -0.3 is 14.2 Å². The summed E-state index contributed by atoms with van der Waals surface area (Å²) >= 11 is 0. The minimum atomic E-state index is -0.517. The first-order chi connectivity index (χ1) is 14.1. The van der Waals surface area contributed by atoms with Crippen molar-refractivity contribution in [3.05, 3.63) is 93.5 Å². The normalized spacial score (nSPS) is 12.6. The van der Waals surface area contributed by atoms with Crippen LogP contribution in [0.15, 0.2) is 66.7 Å². The molecular weight excluding hydrogens is 374 g/mol. The van der Waals surface area contributed by atoms with Crippen molar-refractivity contribution in [1.82, 2.24) is 0 Å². The molecule has 29 heavy (non-hydrogen) atoms. The summed E-state index contributed by atoms with van der Waals surface area (Å²) in [7, 11) is 0. The van der Waals surface area contributed by atoms with Gasteiger partial charge in [0.25, 0.3) is 5.69 Å². The summed E-state index contributed by atoms with van der Waals surface area (Å²) in [4.78, 5) is 23.1. The van der Waals surface area contributed by atoms with Crippen LogP contribution in [-0.4, -0.2) is 17.7 Å². The van der Waals surface area contributed by atoms with Crippen LogP contribution in [0, 0.1) is 10.1 Å². The van der Waals surface area contributed by atoms with Gasteiger partial charge in [-0.2, -0.15) is 0 Å². The second-order valence-corrected chi connectivity index (χ2v) is 6.48. The molecule has 0 aliphatic carbocycles. The van der Waals surface area contributed by atoms with E-state index in [1.54, 1.807) is 12.1 Å². The van der Waals surface area contributed by atoms with E-state index in [-0.39, 0.29) is 25.7 Å². The van der Waals surface area contributed by atoms with E-state index in [0.29, 0.717) is 22.4 Å². The van der Waals surface area contributed by atoms with Gasteiger partial charge >= 0.3 is 5.97 Å².